The van der Waals surface area contributed by atoms with E-state index in [1.807, 2.05) is 11.8 Å². The van der Waals surface area contributed by atoms with Gasteiger partial charge in [0.15, 0.2) is 0 Å². The van der Waals surface area contributed by atoms with Crippen LogP contribution in [0.3, 0.4) is 0 Å². The van der Waals surface area contributed by atoms with Crippen molar-refractivity contribution in [3.05, 3.63) is 0 Å². The number of carbonyl (C=O) groups excluding carboxylic acids is 1. The molecule has 1 aliphatic heterocycles. The van der Waals surface area contributed by atoms with Crippen LogP contribution in [0.4, 0.5) is 0 Å². The molecule has 1 saturated heterocycles. The molecule has 1 unspecified atom stereocenters. The molecule has 1 atom stereocenters. The van der Waals surface area contributed by atoms with Gasteiger partial charge in [-0.05, 0) is 25.8 Å². The number of carbonyl (C=O) groups is 1. The van der Waals surface area contributed by atoms with Crippen LogP contribution in [0, 0.1) is 5.92 Å². The number of nitrogens with zero attached hydrogens (tertiary/aromatic N) is 1. The lowest BCUT2D eigenvalue weighted by atomic mass is 9.81. The van der Waals surface area contributed by atoms with Crippen molar-refractivity contribution in [3.63, 3.8) is 0 Å². The zero-order valence-electron chi connectivity index (χ0n) is 9.58. The fourth-order valence-corrected chi connectivity index (χ4v) is 4.83. The average molecular weight is 227 g/mol. The first-order valence-corrected chi connectivity index (χ1v) is 7.07. The molecular weight excluding hydrogens is 206 g/mol. The van der Waals surface area contributed by atoms with Gasteiger partial charge in [0.2, 0.25) is 0 Å². The average Bonchev–Trinajstić information content (AvgIpc) is 2.63. The monoisotopic (exact) mass is 227 g/mol. The molecule has 1 heterocycles. The van der Waals surface area contributed by atoms with Crippen LogP contribution >= 0.6 is 11.8 Å². The zero-order chi connectivity index (χ0) is 10.7. The fraction of sp³-hybridized carbons (Fsp3) is 0.917. The van der Waals surface area contributed by atoms with E-state index in [0.29, 0.717) is 0 Å². The maximum absolute atomic E-state index is 10.9. The Bertz CT molecular complexity index is 228. The molecule has 3 heteroatoms. The van der Waals surface area contributed by atoms with Crippen molar-refractivity contribution in [1.29, 1.82) is 0 Å². The van der Waals surface area contributed by atoms with Crippen molar-refractivity contribution < 1.29 is 4.79 Å². The van der Waals surface area contributed by atoms with Crippen LogP contribution in [0.1, 0.15) is 38.5 Å². The van der Waals surface area contributed by atoms with E-state index >= 15 is 0 Å². The van der Waals surface area contributed by atoms with E-state index in [4.69, 9.17) is 0 Å². The maximum Gasteiger partial charge on any atom is 0.122 e. The van der Waals surface area contributed by atoms with E-state index < -0.39 is 0 Å². The maximum atomic E-state index is 10.9. The SMILES string of the molecule is CN1CCSC1(CC=O)C1CCCCC1. The Kier molecular flexibility index (Phi) is 3.73. The molecule has 0 spiro atoms. The van der Waals surface area contributed by atoms with Crippen LogP contribution in [0.5, 0.6) is 0 Å². The summed E-state index contributed by atoms with van der Waals surface area (Å²) >= 11 is 2.02. The highest BCUT2D eigenvalue weighted by Gasteiger charge is 2.45. The first kappa shape index (κ1) is 11.5. The summed E-state index contributed by atoms with van der Waals surface area (Å²) in [5.41, 5.74) is 0. The van der Waals surface area contributed by atoms with E-state index in [0.717, 1.165) is 25.2 Å². The molecule has 2 fully saturated rings. The predicted octanol–water partition coefficient (Wildman–Crippen LogP) is 2.53. The van der Waals surface area contributed by atoms with Gasteiger partial charge in [0.05, 0.1) is 4.87 Å². The lowest BCUT2D eigenvalue weighted by Gasteiger charge is -2.42. The number of aldehydes is 1. The van der Waals surface area contributed by atoms with E-state index in [9.17, 15) is 4.79 Å². The molecule has 0 radical (unpaired) electrons. The molecule has 1 saturated carbocycles. The van der Waals surface area contributed by atoms with Crippen LogP contribution < -0.4 is 0 Å². The fourth-order valence-electron chi connectivity index (χ4n) is 3.14. The van der Waals surface area contributed by atoms with Gasteiger partial charge >= 0.3 is 0 Å². The van der Waals surface area contributed by atoms with Gasteiger partial charge in [-0.25, -0.2) is 0 Å². The number of rotatable bonds is 3. The number of thioether (sulfide) groups is 1. The molecule has 15 heavy (non-hydrogen) atoms. The Hall–Kier alpha value is -0.0200. The second-order valence-electron chi connectivity index (χ2n) is 4.82. The van der Waals surface area contributed by atoms with Crippen molar-refractivity contribution in [3.8, 4) is 0 Å². The van der Waals surface area contributed by atoms with Gasteiger partial charge in [-0.1, -0.05) is 19.3 Å². The summed E-state index contributed by atoms with van der Waals surface area (Å²) in [6.07, 6.45) is 8.61. The molecule has 0 N–H and O–H groups in total. The van der Waals surface area contributed by atoms with Gasteiger partial charge in [-0.15, -0.1) is 11.8 Å². The first-order chi connectivity index (χ1) is 7.29. The minimum Gasteiger partial charge on any atom is -0.303 e. The normalized spacial score (nSPS) is 34.5. The minimum atomic E-state index is 0.155. The highest BCUT2D eigenvalue weighted by Crippen LogP contribution is 2.48. The Labute approximate surface area is 96.8 Å². The summed E-state index contributed by atoms with van der Waals surface area (Å²) in [5, 5.41) is 0. The van der Waals surface area contributed by atoms with Crippen molar-refractivity contribution >= 4 is 18.0 Å². The first-order valence-electron chi connectivity index (χ1n) is 6.08. The molecular formula is C12H21NOS. The van der Waals surface area contributed by atoms with Crippen LogP contribution in [0.2, 0.25) is 0 Å². The third-order valence-electron chi connectivity index (χ3n) is 4.04. The molecule has 0 aromatic rings. The zero-order valence-corrected chi connectivity index (χ0v) is 10.4. The van der Waals surface area contributed by atoms with Crippen LogP contribution in [0.15, 0.2) is 0 Å². The molecule has 2 aliphatic rings. The molecule has 2 rings (SSSR count). The Balaban J connectivity index is 2.12. The molecule has 1 aliphatic carbocycles. The number of hydrogen-bond acceptors (Lipinski definition) is 3. The third kappa shape index (κ3) is 2.09. The van der Waals surface area contributed by atoms with Gasteiger partial charge < -0.3 is 4.79 Å². The van der Waals surface area contributed by atoms with Gasteiger partial charge in [-0.2, -0.15) is 0 Å². The summed E-state index contributed by atoms with van der Waals surface area (Å²) in [6, 6.07) is 0. The molecule has 0 amide bonds. The Morgan fingerprint density at radius 3 is 2.67 bits per heavy atom. The summed E-state index contributed by atoms with van der Waals surface area (Å²) in [4.78, 5) is 13.5. The molecule has 2 nitrogen and oxygen atoms in total. The Morgan fingerprint density at radius 2 is 2.13 bits per heavy atom. The second kappa shape index (κ2) is 4.88. The van der Waals surface area contributed by atoms with E-state index in [1.54, 1.807) is 0 Å². The molecule has 0 bridgehead atoms. The Morgan fingerprint density at radius 1 is 1.40 bits per heavy atom. The highest BCUT2D eigenvalue weighted by molar-refractivity contribution is 8.00. The van der Waals surface area contributed by atoms with E-state index in [1.165, 1.54) is 37.9 Å². The summed E-state index contributed by atoms with van der Waals surface area (Å²) in [6.45, 7) is 1.15. The molecule has 0 aromatic carbocycles. The van der Waals surface area contributed by atoms with Crippen LogP contribution in [0.25, 0.3) is 0 Å². The quantitative estimate of drug-likeness (QED) is 0.691. The highest BCUT2D eigenvalue weighted by atomic mass is 32.2. The van der Waals surface area contributed by atoms with Gasteiger partial charge in [-0.3, -0.25) is 4.90 Å². The lowest BCUT2D eigenvalue weighted by Crippen LogP contribution is -2.46. The van der Waals surface area contributed by atoms with Gasteiger partial charge in [0.1, 0.15) is 6.29 Å². The van der Waals surface area contributed by atoms with Crippen LogP contribution in [-0.2, 0) is 4.79 Å². The van der Waals surface area contributed by atoms with E-state index in [2.05, 4.69) is 11.9 Å². The largest absolute Gasteiger partial charge is 0.303 e. The van der Waals surface area contributed by atoms with Crippen molar-refractivity contribution in [2.75, 3.05) is 19.3 Å². The van der Waals surface area contributed by atoms with Crippen molar-refractivity contribution in [1.82, 2.24) is 4.90 Å². The minimum absolute atomic E-state index is 0.155. The van der Waals surface area contributed by atoms with E-state index in [-0.39, 0.29) is 4.87 Å². The summed E-state index contributed by atoms with van der Waals surface area (Å²) < 4.78 is 0. The lowest BCUT2D eigenvalue weighted by molar-refractivity contribution is -0.109. The third-order valence-corrected chi connectivity index (χ3v) is 5.74. The molecule has 0 aromatic heterocycles. The molecule has 86 valence electrons. The summed E-state index contributed by atoms with van der Waals surface area (Å²) in [7, 11) is 2.19. The van der Waals surface area contributed by atoms with Crippen molar-refractivity contribution in [2.24, 2.45) is 5.92 Å². The van der Waals surface area contributed by atoms with Gasteiger partial charge in [0.25, 0.3) is 0 Å². The standard InChI is InChI=1S/C12H21NOS/c1-13-8-10-15-12(13,7-9-14)11-5-3-2-4-6-11/h9,11H,2-8,10H2,1H3. The summed E-state index contributed by atoms with van der Waals surface area (Å²) in [5.74, 6) is 1.94. The topological polar surface area (TPSA) is 20.3 Å². The van der Waals surface area contributed by atoms with Crippen molar-refractivity contribution in [2.45, 2.75) is 43.4 Å². The number of hydrogen-bond donors (Lipinski definition) is 0. The smallest absolute Gasteiger partial charge is 0.122 e. The van der Waals surface area contributed by atoms with Gasteiger partial charge in [0, 0.05) is 18.7 Å². The second-order valence-corrected chi connectivity index (χ2v) is 6.22. The predicted molar refractivity (Wildman–Crippen MR) is 65.1 cm³/mol. The van der Waals surface area contributed by atoms with Crippen LogP contribution in [-0.4, -0.2) is 35.4 Å².